The summed E-state index contributed by atoms with van der Waals surface area (Å²) >= 11 is 0. The molecule has 12 heteroatoms. The van der Waals surface area contributed by atoms with E-state index in [-0.39, 0.29) is 17.0 Å². The van der Waals surface area contributed by atoms with Crippen molar-refractivity contribution in [2.45, 2.75) is 24.3 Å². The standard InChI is InChI=1S/C24H27N5O5S2/c1-16-6-11-23(36(27,33)34)21(12-16)19-7-9-20(10-8-19)29(35(2,31)32)24(30)22(25)14-17-4-3-5-18(13-17)15-28-26/h3-13,15,22H,14,25-26H2,1-2H3,(H2,27,33,34)/t22-/m0/s1. The number of primary sulfonamides is 1. The van der Waals surface area contributed by atoms with Crippen molar-refractivity contribution in [3.63, 3.8) is 0 Å². The number of hydrazone groups is 1. The molecule has 0 spiro atoms. The Labute approximate surface area is 210 Å². The number of carbonyl (C=O) groups excluding carboxylic acids is 1. The number of rotatable bonds is 8. The first-order chi connectivity index (χ1) is 16.8. The number of hydrogen-bond acceptors (Lipinski definition) is 8. The minimum atomic E-state index is -4.04. The smallest absolute Gasteiger partial charge is 0.257 e. The van der Waals surface area contributed by atoms with Crippen molar-refractivity contribution < 1.29 is 21.6 Å². The first-order valence-corrected chi connectivity index (χ1v) is 14.1. The Kier molecular flexibility index (Phi) is 7.94. The molecule has 0 aliphatic rings. The minimum Gasteiger partial charge on any atom is -0.323 e. The Bertz CT molecular complexity index is 1520. The normalized spacial score (nSPS) is 13.0. The van der Waals surface area contributed by atoms with Crippen molar-refractivity contribution in [2.24, 2.45) is 21.8 Å². The van der Waals surface area contributed by atoms with E-state index >= 15 is 0 Å². The van der Waals surface area contributed by atoms with Gasteiger partial charge in [-0.2, -0.15) is 5.10 Å². The van der Waals surface area contributed by atoms with Gasteiger partial charge in [0.15, 0.2) is 0 Å². The maximum atomic E-state index is 13.2. The van der Waals surface area contributed by atoms with Crippen LogP contribution in [0.5, 0.6) is 0 Å². The van der Waals surface area contributed by atoms with Crippen molar-refractivity contribution in [3.05, 3.63) is 83.4 Å². The molecule has 0 aromatic heterocycles. The zero-order valence-electron chi connectivity index (χ0n) is 19.7. The van der Waals surface area contributed by atoms with Crippen molar-refractivity contribution >= 4 is 37.9 Å². The predicted molar refractivity (Wildman–Crippen MR) is 140 cm³/mol. The maximum absolute atomic E-state index is 13.2. The largest absolute Gasteiger partial charge is 0.323 e. The topological polar surface area (TPSA) is 179 Å². The Morgan fingerprint density at radius 3 is 2.28 bits per heavy atom. The van der Waals surface area contributed by atoms with Crippen molar-refractivity contribution in [1.29, 1.82) is 0 Å². The molecule has 0 saturated heterocycles. The molecule has 6 N–H and O–H groups in total. The summed E-state index contributed by atoms with van der Waals surface area (Å²) in [5, 5.41) is 8.82. The van der Waals surface area contributed by atoms with Gasteiger partial charge < -0.3 is 11.6 Å². The van der Waals surface area contributed by atoms with Gasteiger partial charge in [-0.05, 0) is 48.2 Å². The summed E-state index contributed by atoms with van der Waals surface area (Å²) in [6.07, 6.45) is 2.43. The molecular weight excluding hydrogens is 502 g/mol. The summed E-state index contributed by atoms with van der Waals surface area (Å²) in [6, 6.07) is 16.4. The second-order valence-electron chi connectivity index (χ2n) is 8.29. The molecule has 0 unspecified atom stereocenters. The summed E-state index contributed by atoms with van der Waals surface area (Å²) in [5.74, 6) is 4.36. The number of carbonyl (C=O) groups is 1. The SMILES string of the molecule is Cc1ccc(S(N)(=O)=O)c(-c2ccc(N(C(=O)[C@@H](N)Cc3cccc(C=NN)c3)S(C)(=O)=O)cc2)c1. The van der Waals surface area contributed by atoms with Crippen molar-refractivity contribution in [3.8, 4) is 11.1 Å². The third kappa shape index (κ3) is 6.34. The zero-order valence-corrected chi connectivity index (χ0v) is 21.3. The third-order valence-electron chi connectivity index (χ3n) is 5.33. The number of nitrogens with two attached hydrogens (primary N) is 3. The van der Waals surface area contributed by atoms with Crippen LogP contribution in [-0.4, -0.2) is 41.3 Å². The summed E-state index contributed by atoms with van der Waals surface area (Å²) in [7, 11) is -8.04. The summed E-state index contributed by atoms with van der Waals surface area (Å²) < 4.78 is 49.9. The number of nitrogens with zero attached hydrogens (tertiary/aromatic N) is 2. The highest BCUT2D eigenvalue weighted by molar-refractivity contribution is 7.92. The molecule has 0 saturated carbocycles. The second-order valence-corrected chi connectivity index (χ2v) is 11.7. The van der Waals surface area contributed by atoms with Gasteiger partial charge in [0.05, 0.1) is 29.1 Å². The molecule has 36 heavy (non-hydrogen) atoms. The number of benzene rings is 3. The average Bonchev–Trinajstić information content (AvgIpc) is 2.78. The lowest BCUT2D eigenvalue weighted by molar-refractivity contribution is -0.118. The molecule has 3 aromatic carbocycles. The lowest BCUT2D eigenvalue weighted by atomic mass is 10.0. The van der Waals surface area contributed by atoms with E-state index in [9.17, 15) is 21.6 Å². The van der Waals surface area contributed by atoms with Crippen molar-refractivity contribution in [1.82, 2.24) is 0 Å². The van der Waals surface area contributed by atoms with Gasteiger partial charge in [-0.1, -0.05) is 54.1 Å². The quantitative estimate of drug-likeness (QED) is 0.224. The van der Waals surface area contributed by atoms with E-state index < -0.39 is 32.0 Å². The van der Waals surface area contributed by atoms with Gasteiger partial charge >= 0.3 is 0 Å². The van der Waals surface area contributed by atoms with Gasteiger partial charge in [0.1, 0.15) is 0 Å². The van der Waals surface area contributed by atoms with Gasteiger partial charge in [-0.3, -0.25) is 4.79 Å². The van der Waals surface area contributed by atoms with Crippen LogP contribution in [0.4, 0.5) is 5.69 Å². The Morgan fingerprint density at radius 1 is 1.03 bits per heavy atom. The van der Waals surface area contributed by atoms with Crippen LogP contribution < -0.4 is 21.0 Å². The van der Waals surface area contributed by atoms with Crippen LogP contribution in [0.25, 0.3) is 11.1 Å². The highest BCUT2D eigenvalue weighted by atomic mass is 32.2. The third-order valence-corrected chi connectivity index (χ3v) is 7.36. The number of anilines is 1. The number of hydrogen-bond donors (Lipinski definition) is 3. The van der Waals surface area contributed by atoms with E-state index in [4.69, 9.17) is 16.7 Å². The van der Waals surface area contributed by atoms with Gasteiger partial charge in [0, 0.05) is 5.56 Å². The Hall–Kier alpha value is -3.58. The fourth-order valence-corrected chi connectivity index (χ4v) is 5.46. The van der Waals surface area contributed by atoms with Crippen LogP contribution in [0.15, 0.2) is 76.7 Å². The molecule has 0 heterocycles. The van der Waals surface area contributed by atoms with E-state index in [1.165, 1.54) is 36.5 Å². The molecule has 1 atom stereocenters. The molecule has 3 rings (SSSR count). The summed E-state index contributed by atoms with van der Waals surface area (Å²) in [6.45, 7) is 1.80. The Morgan fingerprint density at radius 2 is 1.69 bits per heavy atom. The fourth-order valence-electron chi connectivity index (χ4n) is 3.75. The molecule has 0 aliphatic carbocycles. The molecule has 0 radical (unpaired) electrons. The molecule has 1 amide bonds. The maximum Gasteiger partial charge on any atom is 0.257 e. The van der Waals surface area contributed by atoms with Gasteiger partial charge in [-0.15, -0.1) is 0 Å². The Balaban J connectivity index is 1.95. The van der Waals surface area contributed by atoms with Crippen LogP contribution in [0.3, 0.4) is 0 Å². The number of aryl methyl sites for hydroxylation is 1. The summed E-state index contributed by atoms with van der Waals surface area (Å²) in [4.78, 5) is 13.1. The average molecular weight is 530 g/mol. The monoisotopic (exact) mass is 529 g/mol. The fraction of sp³-hybridized carbons (Fsp3) is 0.167. The van der Waals surface area contributed by atoms with Crippen LogP contribution in [0.1, 0.15) is 16.7 Å². The number of sulfonamides is 2. The van der Waals surface area contributed by atoms with E-state index in [1.807, 2.05) is 0 Å². The molecule has 0 bridgehead atoms. The lowest BCUT2D eigenvalue weighted by Gasteiger charge is -2.24. The first-order valence-electron chi connectivity index (χ1n) is 10.7. The minimum absolute atomic E-state index is 0.0653. The first kappa shape index (κ1) is 27.0. The van der Waals surface area contributed by atoms with E-state index in [2.05, 4.69) is 5.10 Å². The zero-order chi connectivity index (χ0) is 26.7. The molecule has 10 nitrogen and oxygen atoms in total. The predicted octanol–water partition coefficient (Wildman–Crippen LogP) is 1.46. The van der Waals surface area contributed by atoms with Gasteiger partial charge in [0.2, 0.25) is 20.0 Å². The lowest BCUT2D eigenvalue weighted by Crippen LogP contribution is -2.47. The van der Waals surface area contributed by atoms with Crippen LogP contribution in [0.2, 0.25) is 0 Å². The van der Waals surface area contributed by atoms with E-state index in [0.717, 1.165) is 11.8 Å². The highest BCUT2D eigenvalue weighted by Crippen LogP contribution is 2.30. The van der Waals surface area contributed by atoms with Crippen LogP contribution in [-0.2, 0) is 31.3 Å². The molecule has 190 valence electrons. The number of amides is 1. The van der Waals surface area contributed by atoms with Crippen LogP contribution in [0, 0.1) is 6.92 Å². The molecule has 0 fully saturated rings. The van der Waals surface area contributed by atoms with Crippen LogP contribution >= 0.6 is 0 Å². The van der Waals surface area contributed by atoms with Gasteiger partial charge in [-0.25, -0.2) is 26.3 Å². The second kappa shape index (κ2) is 10.6. The van der Waals surface area contributed by atoms with Crippen molar-refractivity contribution in [2.75, 3.05) is 10.6 Å². The molecule has 3 aromatic rings. The van der Waals surface area contributed by atoms with E-state index in [0.29, 0.717) is 26.6 Å². The molecule has 0 aliphatic heterocycles. The van der Waals surface area contributed by atoms with Gasteiger partial charge in [0.25, 0.3) is 5.91 Å². The summed E-state index contributed by atoms with van der Waals surface area (Å²) in [5.41, 5.74) is 9.24. The molecular formula is C24H27N5O5S2. The highest BCUT2D eigenvalue weighted by Gasteiger charge is 2.30. The van der Waals surface area contributed by atoms with E-state index in [1.54, 1.807) is 43.3 Å².